The second-order valence-corrected chi connectivity index (χ2v) is 6.74. The van der Waals surface area contributed by atoms with Crippen LogP contribution in [0.3, 0.4) is 0 Å². The number of hydrogen-bond donors (Lipinski definition) is 1. The lowest BCUT2D eigenvalue weighted by Crippen LogP contribution is -2.43. The Morgan fingerprint density at radius 2 is 2.00 bits per heavy atom. The summed E-state index contributed by atoms with van der Waals surface area (Å²) in [5.41, 5.74) is 5.72. The van der Waals surface area contributed by atoms with Crippen molar-refractivity contribution >= 4 is 17.5 Å². The smallest absolute Gasteiger partial charge is 0.313 e. The summed E-state index contributed by atoms with van der Waals surface area (Å²) in [4.78, 5) is 14.3. The normalized spacial score (nSPS) is 16.5. The molecule has 2 N–H and O–H groups in total. The van der Waals surface area contributed by atoms with Crippen molar-refractivity contribution in [3.63, 3.8) is 0 Å². The molecule has 1 saturated heterocycles. The lowest BCUT2D eigenvalue weighted by molar-refractivity contribution is -0.129. The highest BCUT2D eigenvalue weighted by Gasteiger charge is 2.37. The molecular formula is C20H20FN5O2. The lowest BCUT2D eigenvalue weighted by atomic mass is 9.85. The molecule has 7 nitrogen and oxygen atoms in total. The van der Waals surface area contributed by atoms with Crippen LogP contribution in [0.2, 0.25) is 0 Å². The number of hydrogen-bond acceptors (Lipinski definition) is 6. The number of halogens is 1. The maximum atomic E-state index is 15.3. The summed E-state index contributed by atoms with van der Waals surface area (Å²) >= 11 is 0. The van der Waals surface area contributed by atoms with Crippen LogP contribution in [-0.4, -0.2) is 34.1 Å². The maximum Gasteiger partial charge on any atom is 0.313 e. The molecule has 0 spiro atoms. The first-order valence-electron chi connectivity index (χ1n) is 8.78. The molecule has 144 valence electrons. The number of allylic oxidation sites excluding steroid dienone is 2. The van der Waals surface area contributed by atoms with Crippen LogP contribution in [0.25, 0.3) is 5.57 Å². The number of anilines is 1. The second kappa shape index (κ2) is 7.64. The van der Waals surface area contributed by atoms with Gasteiger partial charge in [-0.15, -0.1) is 5.10 Å². The van der Waals surface area contributed by atoms with Crippen molar-refractivity contribution in [2.24, 2.45) is 0 Å². The van der Waals surface area contributed by atoms with Gasteiger partial charge in [-0.05, 0) is 30.7 Å². The van der Waals surface area contributed by atoms with Crippen molar-refractivity contribution in [3.8, 4) is 6.07 Å². The van der Waals surface area contributed by atoms with Gasteiger partial charge in [0.05, 0.1) is 11.6 Å². The number of nitrogens with two attached hydrogens (primary N) is 1. The van der Waals surface area contributed by atoms with Crippen molar-refractivity contribution < 1.29 is 13.6 Å². The first-order valence-corrected chi connectivity index (χ1v) is 8.78. The molecule has 1 aliphatic rings. The van der Waals surface area contributed by atoms with E-state index in [1.54, 1.807) is 42.2 Å². The van der Waals surface area contributed by atoms with Crippen LogP contribution in [0.15, 0.2) is 46.9 Å². The minimum absolute atomic E-state index is 0.0772. The number of carbonyl (C=O) groups is 1. The largest absolute Gasteiger partial charge is 0.404 e. The molecule has 1 aromatic carbocycles. The number of aromatic nitrogens is 2. The SMILES string of the molecule is C=C(/C=C(\C)C(=O)N1CCC(F)(c2ccc(C#N)cc2)CC1)c1nnc(N)o1. The Hall–Kier alpha value is -3.47. The van der Waals surface area contributed by atoms with E-state index in [0.717, 1.165) is 0 Å². The van der Waals surface area contributed by atoms with Crippen LogP contribution in [-0.2, 0) is 10.5 Å². The molecule has 1 aliphatic heterocycles. The quantitative estimate of drug-likeness (QED) is 0.644. The minimum Gasteiger partial charge on any atom is -0.404 e. The van der Waals surface area contributed by atoms with Gasteiger partial charge in [0.1, 0.15) is 5.67 Å². The number of nitrogens with zero attached hydrogens (tertiary/aromatic N) is 4. The van der Waals surface area contributed by atoms with E-state index in [2.05, 4.69) is 16.8 Å². The van der Waals surface area contributed by atoms with E-state index in [1.807, 2.05) is 6.07 Å². The fraction of sp³-hybridized carbons (Fsp3) is 0.300. The zero-order chi connectivity index (χ0) is 20.3. The molecule has 0 aliphatic carbocycles. The predicted molar refractivity (Wildman–Crippen MR) is 101 cm³/mol. The van der Waals surface area contributed by atoms with E-state index >= 15 is 4.39 Å². The Morgan fingerprint density at radius 1 is 1.36 bits per heavy atom. The van der Waals surface area contributed by atoms with Gasteiger partial charge in [0, 0.05) is 37.1 Å². The van der Waals surface area contributed by atoms with Gasteiger partial charge in [0.25, 0.3) is 0 Å². The van der Waals surface area contributed by atoms with Crippen molar-refractivity contribution in [1.82, 2.24) is 15.1 Å². The standard InChI is InChI=1S/C20H20FN5O2/c1-13(17-24-25-19(23)28-17)11-14(2)18(27)26-9-7-20(21,8-10-26)16-5-3-15(12-22)4-6-16/h3-6,11H,1,7-10H2,2H3,(H2,23,25)/b14-11+. The van der Waals surface area contributed by atoms with Crippen LogP contribution in [0.5, 0.6) is 0 Å². The average molecular weight is 381 g/mol. The fourth-order valence-corrected chi connectivity index (χ4v) is 3.19. The van der Waals surface area contributed by atoms with Crippen molar-refractivity contribution in [1.29, 1.82) is 5.26 Å². The topological polar surface area (TPSA) is 109 Å². The van der Waals surface area contributed by atoms with Crippen molar-refractivity contribution in [2.75, 3.05) is 18.8 Å². The van der Waals surface area contributed by atoms with E-state index < -0.39 is 5.67 Å². The van der Waals surface area contributed by atoms with Crippen molar-refractivity contribution in [2.45, 2.75) is 25.4 Å². The van der Waals surface area contributed by atoms with E-state index in [4.69, 9.17) is 15.4 Å². The molecule has 3 rings (SSSR count). The highest BCUT2D eigenvalue weighted by Crippen LogP contribution is 2.37. The zero-order valence-electron chi connectivity index (χ0n) is 15.5. The van der Waals surface area contributed by atoms with Gasteiger partial charge < -0.3 is 15.1 Å². The Morgan fingerprint density at radius 3 is 2.54 bits per heavy atom. The molecule has 8 heteroatoms. The van der Waals surface area contributed by atoms with Gasteiger partial charge in [0.2, 0.25) is 11.8 Å². The zero-order valence-corrected chi connectivity index (χ0v) is 15.5. The highest BCUT2D eigenvalue weighted by molar-refractivity contribution is 5.95. The maximum absolute atomic E-state index is 15.3. The first kappa shape index (κ1) is 19.3. The number of amides is 1. The fourth-order valence-electron chi connectivity index (χ4n) is 3.19. The van der Waals surface area contributed by atoms with Gasteiger partial charge in [-0.25, -0.2) is 4.39 Å². The summed E-state index contributed by atoms with van der Waals surface area (Å²) in [6.07, 6.45) is 1.94. The van der Waals surface area contributed by atoms with Crippen LogP contribution in [0.1, 0.15) is 36.8 Å². The van der Waals surface area contributed by atoms with Gasteiger partial charge in [-0.1, -0.05) is 23.8 Å². The Kier molecular flexibility index (Phi) is 5.27. The summed E-state index contributed by atoms with van der Waals surface area (Å²) in [7, 11) is 0. The third-order valence-electron chi connectivity index (χ3n) is 4.82. The summed E-state index contributed by atoms with van der Waals surface area (Å²) in [5.74, 6) is -0.0533. The van der Waals surface area contributed by atoms with E-state index in [9.17, 15) is 4.79 Å². The molecule has 2 heterocycles. The monoisotopic (exact) mass is 381 g/mol. The average Bonchev–Trinajstić information content (AvgIpc) is 3.14. The number of nitrogen functional groups attached to an aromatic ring is 1. The van der Waals surface area contributed by atoms with Gasteiger partial charge in [-0.3, -0.25) is 4.79 Å². The number of rotatable bonds is 4. The molecule has 2 aromatic rings. The third-order valence-corrected chi connectivity index (χ3v) is 4.82. The summed E-state index contributed by atoms with van der Waals surface area (Å²) < 4.78 is 20.4. The summed E-state index contributed by atoms with van der Waals surface area (Å²) in [6, 6.07) is 8.44. The summed E-state index contributed by atoms with van der Waals surface area (Å²) in [5, 5.41) is 16.1. The predicted octanol–water partition coefficient (Wildman–Crippen LogP) is 2.97. The molecule has 28 heavy (non-hydrogen) atoms. The second-order valence-electron chi connectivity index (χ2n) is 6.74. The molecular weight excluding hydrogens is 361 g/mol. The number of carbonyl (C=O) groups excluding carboxylic acids is 1. The number of nitriles is 1. The highest BCUT2D eigenvalue weighted by atomic mass is 19.1. The molecule has 1 amide bonds. The van der Waals surface area contributed by atoms with Crippen molar-refractivity contribution in [3.05, 3.63) is 59.5 Å². The van der Waals surface area contributed by atoms with Crippen LogP contribution < -0.4 is 5.73 Å². The summed E-state index contributed by atoms with van der Waals surface area (Å²) in [6.45, 7) is 6.04. The van der Waals surface area contributed by atoms with E-state index in [0.29, 0.717) is 35.4 Å². The molecule has 0 saturated carbocycles. The van der Waals surface area contributed by atoms with Gasteiger partial charge in [-0.2, -0.15) is 5.26 Å². The molecule has 0 radical (unpaired) electrons. The first-order chi connectivity index (χ1) is 13.3. The third kappa shape index (κ3) is 3.93. The van der Waals surface area contributed by atoms with E-state index in [-0.39, 0.29) is 30.7 Å². The molecule has 0 bridgehead atoms. The Bertz CT molecular complexity index is 963. The number of alkyl halides is 1. The van der Waals surface area contributed by atoms with Crippen LogP contribution in [0.4, 0.5) is 10.4 Å². The number of benzene rings is 1. The van der Waals surface area contributed by atoms with Crippen LogP contribution >= 0.6 is 0 Å². The number of likely N-dealkylation sites (tertiary alicyclic amines) is 1. The van der Waals surface area contributed by atoms with Gasteiger partial charge >= 0.3 is 6.01 Å². The van der Waals surface area contributed by atoms with Crippen LogP contribution in [0, 0.1) is 11.3 Å². The van der Waals surface area contributed by atoms with Gasteiger partial charge in [0.15, 0.2) is 0 Å². The molecule has 1 aromatic heterocycles. The lowest BCUT2D eigenvalue weighted by Gasteiger charge is -2.37. The Labute approximate surface area is 162 Å². The number of piperidine rings is 1. The molecule has 0 atom stereocenters. The molecule has 0 unspecified atom stereocenters. The Balaban J connectivity index is 1.64. The van der Waals surface area contributed by atoms with E-state index in [1.165, 1.54) is 0 Å². The molecule has 1 fully saturated rings. The minimum atomic E-state index is -1.51.